The van der Waals surface area contributed by atoms with Crippen LogP contribution in [0.25, 0.3) is 0 Å². The third-order valence-corrected chi connectivity index (χ3v) is 6.18. The van der Waals surface area contributed by atoms with Gasteiger partial charge in [0.15, 0.2) is 11.9 Å². The van der Waals surface area contributed by atoms with Gasteiger partial charge in [-0.3, -0.25) is 4.79 Å². The third kappa shape index (κ3) is 3.92. The predicted octanol–water partition coefficient (Wildman–Crippen LogP) is 7.15. The van der Waals surface area contributed by atoms with Crippen LogP contribution in [-0.4, -0.2) is 11.3 Å². The quantitative estimate of drug-likeness (QED) is 0.516. The molecule has 0 saturated carbocycles. The zero-order valence-electron chi connectivity index (χ0n) is 19.0. The van der Waals surface area contributed by atoms with Crippen LogP contribution in [0.3, 0.4) is 0 Å². The normalized spacial score (nSPS) is 20.4. The van der Waals surface area contributed by atoms with E-state index in [1.165, 1.54) is 0 Å². The van der Waals surface area contributed by atoms with Crippen molar-refractivity contribution in [3.63, 3.8) is 0 Å². The Hall–Kier alpha value is -2.52. The van der Waals surface area contributed by atoms with Gasteiger partial charge in [0.1, 0.15) is 11.3 Å². The number of hydrogen-bond acceptors (Lipinski definition) is 3. The minimum absolute atomic E-state index is 0.108. The Bertz CT molecular complexity index is 1050. The van der Waals surface area contributed by atoms with E-state index in [1.54, 1.807) is 0 Å². The number of ketones is 1. The number of ether oxygens (including phenoxy) is 1. The van der Waals surface area contributed by atoms with Crippen LogP contribution in [0, 0.1) is 10.8 Å². The Balaban J connectivity index is 2.01. The van der Waals surface area contributed by atoms with Crippen molar-refractivity contribution in [3.8, 4) is 5.75 Å². The number of Topliss-reactive ketones (excluding diaryl/α,β-unsaturated/α-hetero) is 1. The van der Waals surface area contributed by atoms with E-state index in [4.69, 9.17) is 16.3 Å². The zero-order valence-corrected chi connectivity index (χ0v) is 19.8. The second kappa shape index (κ2) is 7.27. The largest absolute Gasteiger partial charge is 0.480 e. The van der Waals surface area contributed by atoms with E-state index >= 15 is 0 Å². The number of halogens is 1. The Morgan fingerprint density at radius 1 is 0.903 bits per heavy atom. The number of hydrogen-bond donors (Lipinski definition) is 1. The molecule has 0 saturated heterocycles. The molecule has 1 N–H and O–H groups in total. The molecule has 0 radical (unpaired) electrons. The molecule has 4 rings (SSSR count). The highest BCUT2D eigenvalue weighted by Gasteiger charge is 2.48. The topological polar surface area (TPSA) is 38.3 Å². The predicted molar refractivity (Wildman–Crippen MR) is 128 cm³/mol. The number of benzene rings is 2. The maximum Gasteiger partial charge on any atom is 0.185 e. The van der Waals surface area contributed by atoms with Gasteiger partial charge in [0.2, 0.25) is 0 Å². The molecule has 0 fully saturated rings. The number of anilines is 1. The van der Waals surface area contributed by atoms with Crippen molar-refractivity contribution in [2.24, 2.45) is 10.8 Å². The SMILES string of the molecule is CC(C)(C)C1=CC2(C=C(C(C)(C)C)C1=O)Nc1cc(Cl)ccc1O[C@H]2c1ccccc1. The monoisotopic (exact) mass is 435 g/mol. The fourth-order valence-corrected chi connectivity index (χ4v) is 4.50. The van der Waals surface area contributed by atoms with Gasteiger partial charge >= 0.3 is 0 Å². The summed E-state index contributed by atoms with van der Waals surface area (Å²) in [6.07, 6.45) is 3.81. The van der Waals surface area contributed by atoms with Crippen LogP contribution in [0.1, 0.15) is 53.2 Å². The lowest BCUT2D eigenvalue weighted by atomic mass is 9.67. The van der Waals surface area contributed by atoms with E-state index in [1.807, 2.05) is 36.4 Å². The van der Waals surface area contributed by atoms with E-state index in [9.17, 15) is 4.79 Å². The van der Waals surface area contributed by atoms with Crippen LogP contribution in [0.5, 0.6) is 5.75 Å². The molecular formula is C27H30ClNO2. The molecule has 31 heavy (non-hydrogen) atoms. The Labute approximate surface area is 190 Å². The number of carbonyl (C=O) groups excluding carboxylic acids is 1. The van der Waals surface area contributed by atoms with Crippen LogP contribution < -0.4 is 10.1 Å². The molecule has 162 valence electrons. The number of nitrogens with one attached hydrogen (secondary N) is 1. The molecule has 1 aliphatic carbocycles. The van der Waals surface area contributed by atoms with Crippen molar-refractivity contribution < 1.29 is 9.53 Å². The Morgan fingerprint density at radius 2 is 1.48 bits per heavy atom. The van der Waals surface area contributed by atoms with Gasteiger partial charge in [0.25, 0.3) is 0 Å². The third-order valence-electron chi connectivity index (χ3n) is 5.95. The van der Waals surface area contributed by atoms with Crippen LogP contribution >= 0.6 is 11.6 Å². The van der Waals surface area contributed by atoms with Gasteiger partial charge in [-0.05, 0) is 46.7 Å². The average Bonchev–Trinajstić information content (AvgIpc) is 2.68. The van der Waals surface area contributed by atoms with Crippen molar-refractivity contribution in [3.05, 3.63) is 82.4 Å². The minimum Gasteiger partial charge on any atom is -0.480 e. The van der Waals surface area contributed by atoms with Crippen molar-refractivity contribution in [2.75, 3.05) is 5.32 Å². The summed E-state index contributed by atoms with van der Waals surface area (Å²) in [6, 6.07) is 15.8. The van der Waals surface area contributed by atoms with Crippen LogP contribution in [-0.2, 0) is 4.79 Å². The van der Waals surface area contributed by atoms with Crippen LogP contribution in [0.15, 0.2) is 71.8 Å². The smallest absolute Gasteiger partial charge is 0.185 e. The van der Waals surface area contributed by atoms with Crippen molar-refractivity contribution in [1.82, 2.24) is 0 Å². The van der Waals surface area contributed by atoms with Gasteiger partial charge in [-0.15, -0.1) is 0 Å². The molecule has 0 unspecified atom stereocenters. The maximum atomic E-state index is 13.6. The van der Waals surface area contributed by atoms with E-state index in [0.717, 1.165) is 28.1 Å². The highest BCUT2D eigenvalue weighted by atomic mass is 35.5. The second-order valence-corrected chi connectivity index (χ2v) is 11.0. The molecular weight excluding hydrogens is 406 g/mol. The van der Waals surface area contributed by atoms with Gasteiger partial charge in [0.05, 0.1) is 5.69 Å². The van der Waals surface area contributed by atoms with E-state index < -0.39 is 5.54 Å². The lowest BCUT2D eigenvalue weighted by Crippen LogP contribution is -2.50. The molecule has 1 atom stereocenters. The fourth-order valence-electron chi connectivity index (χ4n) is 4.33. The summed E-state index contributed by atoms with van der Waals surface area (Å²) in [5, 5.41) is 4.35. The molecule has 2 aromatic rings. The summed E-state index contributed by atoms with van der Waals surface area (Å²) in [5.74, 6) is 0.855. The van der Waals surface area contributed by atoms with Crippen LogP contribution in [0.4, 0.5) is 5.69 Å². The molecule has 2 aromatic carbocycles. The van der Waals surface area contributed by atoms with Gasteiger partial charge in [0, 0.05) is 16.2 Å². The lowest BCUT2D eigenvalue weighted by molar-refractivity contribution is -0.114. The molecule has 4 heteroatoms. The minimum atomic E-state index is -0.724. The van der Waals surface area contributed by atoms with Gasteiger partial charge in [-0.2, -0.15) is 0 Å². The number of allylic oxidation sites excluding steroid dienone is 2. The molecule has 1 aliphatic heterocycles. The summed E-state index contributed by atoms with van der Waals surface area (Å²) >= 11 is 6.30. The first-order valence-corrected chi connectivity index (χ1v) is 11.1. The summed E-state index contributed by atoms with van der Waals surface area (Å²) < 4.78 is 6.60. The average molecular weight is 436 g/mol. The highest BCUT2D eigenvalue weighted by Crippen LogP contribution is 2.50. The first-order chi connectivity index (χ1) is 14.4. The summed E-state index contributed by atoms with van der Waals surface area (Å²) in [4.78, 5) is 13.6. The molecule has 3 nitrogen and oxygen atoms in total. The van der Waals surface area contributed by atoms with Gasteiger partial charge < -0.3 is 10.1 Å². The maximum absolute atomic E-state index is 13.6. The Kier molecular flexibility index (Phi) is 5.09. The van der Waals surface area contributed by atoms with E-state index in [0.29, 0.717) is 5.02 Å². The molecule has 0 aromatic heterocycles. The molecule has 2 aliphatic rings. The first-order valence-electron chi connectivity index (χ1n) is 10.7. The summed E-state index contributed by atoms with van der Waals surface area (Å²) in [7, 11) is 0. The van der Waals surface area contributed by atoms with Crippen molar-refractivity contribution >= 4 is 23.1 Å². The second-order valence-electron chi connectivity index (χ2n) is 10.6. The molecule has 1 spiro atoms. The Morgan fingerprint density at radius 3 is 2.03 bits per heavy atom. The first kappa shape index (κ1) is 21.7. The fraction of sp³-hybridized carbons (Fsp3) is 0.370. The van der Waals surface area contributed by atoms with Crippen molar-refractivity contribution in [1.29, 1.82) is 0 Å². The van der Waals surface area contributed by atoms with Crippen LogP contribution in [0.2, 0.25) is 5.02 Å². The molecule has 0 amide bonds. The highest BCUT2D eigenvalue weighted by molar-refractivity contribution is 6.31. The summed E-state index contributed by atoms with van der Waals surface area (Å²) in [5.41, 5.74) is 2.10. The van der Waals surface area contributed by atoms with Crippen molar-refractivity contribution in [2.45, 2.75) is 53.2 Å². The zero-order chi connectivity index (χ0) is 22.6. The summed E-state index contributed by atoms with van der Waals surface area (Å²) in [6.45, 7) is 12.5. The van der Waals surface area contributed by atoms with Gasteiger partial charge in [-0.1, -0.05) is 83.5 Å². The van der Waals surface area contributed by atoms with E-state index in [-0.39, 0.29) is 22.7 Å². The van der Waals surface area contributed by atoms with Gasteiger partial charge in [-0.25, -0.2) is 0 Å². The number of rotatable bonds is 1. The number of carbonyl (C=O) groups is 1. The standard InChI is InChI=1S/C27H30ClNO2/c1-25(2,3)19-15-27(16-20(23(19)30)26(4,5)6)24(17-10-8-7-9-11-17)31-22-13-12-18(28)14-21(22)29-27/h7-16,24,29H,1-6H3/t24-/m0/s1. The van der Waals surface area contributed by atoms with E-state index in [2.05, 4.69) is 71.1 Å². The molecule has 1 heterocycles. The molecule has 0 bridgehead atoms. The lowest BCUT2D eigenvalue weighted by Gasteiger charge is -2.47. The number of fused-ring (bicyclic) bond motifs is 1.